The lowest BCUT2D eigenvalue weighted by Gasteiger charge is -2.07. The number of pyridine rings is 1. The lowest BCUT2D eigenvalue weighted by atomic mass is 10.2. The van der Waals surface area contributed by atoms with E-state index in [0.29, 0.717) is 30.2 Å². The summed E-state index contributed by atoms with van der Waals surface area (Å²) in [4.78, 5) is 4.32. The van der Waals surface area contributed by atoms with E-state index in [4.69, 9.17) is 17.3 Å². The number of benzene rings is 1. The van der Waals surface area contributed by atoms with Crippen molar-refractivity contribution >= 4 is 32.5 Å². The van der Waals surface area contributed by atoms with Crippen LogP contribution in [0.5, 0.6) is 0 Å². The van der Waals surface area contributed by atoms with Gasteiger partial charge in [0, 0.05) is 11.9 Å². The Hall–Kier alpha value is -1.21. The van der Waals surface area contributed by atoms with Gasteiger partial charge in [-0.15, -0.1) is 0 Å². The Balaban J connectivity index is 2.32. The molecular weight excluding hydrogens is 286 g/mol. The topological polar surface area (TPSA) is 85.1 Å². The first-order valence-electron chi connectivity index (χ1n) is 5.79. The molecule has 2 aromatic rings. The second kappa shape index (κ2) is 5.83. The summed E-state index contributed by atoms with van der Waals surface area (Å²) >= 11 is 5.78. The van der Waals surface area contributed by atoms with Crippen molar-refractivity contribution in [2.75, 3.05) is 13.1 Å². The molecule has 3 N–H and O–H groups in total. The molecule has 0 radical (unpaired) electrons. The molecule has 0 saturated heterocycles. The highest BCUT2D eigenvalue weighted by atomic mass is 35.5. The van der Waals surface area contributed by atoms with Crippen LogP contribution in [-0.4, -0.2) is 26.5 Å². The Morgan fingerprint density at radius 2 is 2.05 bits per heavy atom. The Bertz CT molecular complexity index is 688. The number of nitrogens with zero attached hydrogens (tertiary/aromatic N) is 1. The van der Waals surface area contributed by atoms with Crippen LogP contribution in [0, 0.1) is 0 Å². The summed E-state index contributed by atoms with van der Waals surface area (Å²) in [6.45, 7) is 0.776. The van der Waals surface area contributed by atoms with E-state index >= 15 is 0 Å². The van der Waals surface area contributed by atoms with E-state index in [-0.39, 0.29) is 4.90 Å². The number of aromatic nitrogens is 1. The lowest BCUT2D eigenvalue weighted by Crippen LogP contribution is -2.26. The summed E-state index contributed by atoms with van der Waals surface area (Å²) in [5.41, 5.74) is 5.99. The number of nitrogens with two attached hydrogens (primary N) is 1. The van der Waals surface area contributed by atoms with Gasteiger partial charge in [0.25, 0.3) is 0 Å². The van der Waals surface area contributed by atoms with E-state index in [1.165, 1.54) is 6.07 Å². The molecule has 0 fully saturated rings. The molecule has 0 saturated carbocycles. The third-order valence-electron chi connectivity index (χ3n) is 2.61. The Morgan fingerprint density at radius 1 is 1.26 bits per heavy atom. The second-order valence-corrected chi connectivity index (χ2v) is 6.18. The summed E-state index contributed by atoms with van der Waals surface area (Å²) in [5.74, 6) is 0. The fraction of sp³-hybridized carbons (Fsp3) is 0.250. The van der Waals surface area contributed by atoms with Crippen LogP contribution < -0.4 is 10.5 Å². The molecule has 0 aliphatic rings. The van der Waals surface area contributed by atoms with Crippen molar-refractivity contribution in [1.29, 1.82) is 0 Å². The zero-order valence-electron chi connectivity index (χ0n) is 10.1. The van der Waals surface area contributed by atoms with E-state index in [9.17, 15) is 8.42 Å². The van der Waals surface area contributed by atoms with Gasteiger partial charge in [-0.25, -0.2) is 18.1 Å². The molecule has 0 aliphatic carbocycles. The fourth-order valence-electron chi connectivity index (χ4n) is 1.64. The van der Waals surface area contributed by atoms with Gasteiger partial charge in [-0.05, 0) is 43.3 Å². The van der Waals surface area contributed by atoms with Crippen molar-refractivity contribution in [3.8, 4) is 0 Å². The zero-order valence-corrected chi connectivity index (χ0v) is 11.7. The van der Waals surface area contributed by atoms with Crippen LogP contribution in [0.1, 0.15) is 6.42 Å². The molecule has 0 bridgehead atoms. The number of nitrogens with one attached hydrogen (secondary N) is 1. The first-order chi connectivity index (χ1) is 9.03. The number of sulfonamides is 1. The number of hydrogen-bond acceptors (Lipinski definition) is 4. The van der Waals surface area contributed by atoms with E-state index in [2.05, 4.69) is 9.71 Å². The van der Waals surface area contributed by atoms with Crippen LogP contribution in [0.2, 0.25) is 5.15 Å². The van der Waals surface area contributed by atoms with Gasteiger partial charge < -0.3 is 5.73 Å². The smallest absolute Gasteiger partial charge is 0.240 e. The van der Waals surface area contributed by atoms with E-state index < -0.39 is 10.0 Å². The lowest BCUT2D eigenvalue weighted by molar-refractivity contribution is 0.579. The van der Waals surface area contributed by atoms with Gasteiger partial charge in [0.1, 0.15) is 5.15 Å². The maximum Gasteiger partial charge on any atom is 0.240 e. The van der Waals surface area contributed by atoms with E-state index in [1.807, 2.05) is 0 Å². The summed E-state index contributed by atoms with van der Waals surface area (Å²) in [6, 6.07) is 8.09. The molecule has 0 aliphatic heterocycles. The predicted molar refractivity (Wildman–Crippen MR) is 75.6 cm³/mol. The minimum absolute atomic E-state index is 0.209. The molecule has 19 heavy (non-hydrogen) atoms. The molecule has 0 amide bonds. The van der Waals surface area contributed by atoms with Crippen molar-refractivity contribution in [2.24, 2.45) is 5.73 Å². The average molecular weight is 300 g/mol. The first-order valence-corrected chi connectivity index (χ1v) is 7.65. The molecule has 2 rings (SSSR count). The van der Waals surface area contributed by atoms with E-state index in [0.717, 1.165) is 5.39 Å². The normalized spacial score (nSPS) is 11.9. The molecule has 0 unspecified atom stereocenters. The van der Waals surface area contributed by atoms with Crippen molar-refractivity contribution in [3.05, 3.63) is 35.5 Å². The van der Waals surface area contributed by atoms with Crippen molar-refractivity contribution in [1.82, 2.24) is 9.71 Å². The zero-order chi connectivity index (χ0) is 13.9. The highest BCUT2D eigenvalue weighted by molar-refractivity contribution is 7.89. The Morgan fingerprint density at radius 3 is 2.79 bits per heavy atom. The molecular formula is C12H14ClN3O2S. The average Bonchev–Trinajstić information content (AvgIpc) is 2.38. The van der Waals surface area contributed by atoms with Gasteiger partial charge in [0.2, 0.25) is 10.0 Å². The van der Waals surface area contributed by atoms with Gasteiger partial charge in [0.15, 0.2) is 0 Å². The molecule has 5 nitrogen and oxygen atoms in total. The van der Waals surface area contributed by atoms with Crippen molar-refractivity contribution in [2.45, 2.75) is 11.3 Å². The van der Waals surface area contributed by atoms with Gasteiger partial charge >= 0.3 is 0 Å². The number of rotatable bonds is 5. The Labute approximate surface area is 116 Å². The predicted octanol–water partition coefficient (Wildman–Crippen LogP) is 1.52. The van der Waals surface area contributed by atoms with Gasteiger partial charge in [-0.2, -0.15) is 0 Å². The fourth-order valence-corrected chi connectivity index (χ4v) is 2.90. The van der Waals surface area contributed by atoms with Crippen LogP contribution >= 0.6 is 11.6 Å². The third-order valence-corrected chi connectivity index (χ3v) is 4.28. The van der Waals surface area contributed by atoms with Crippen LogP contribution in [-0.2, 0) is 10.0 Å². The maximum absolute atomic E-state index is 12.0. The third kappa shape index (κ3) is 3.42. The summed E-state index contributed by atoms with van der Waals surface area (Å²) < 4.78 is 26.5. The standard InChI is InChI=1S/C12H14ClN3O2S/c13-12-5-2-9-8-10(3-4-11(9)16-12)19(17,18)15-7-1-6-14/h2-5,8,15H,1,6-7,14H2. The molecule has 0 atom stereocenters. The van der Waals surface area contributed by atoms with Crippen LogP contribution in [0.4, 0.5) is 0 Å². The highest BCUT2D eigenvalue weighted by Gasteiger charge is 2.13. The first kappa shape index (κ1) is 14.2. The highest BCUT2D eigenvalue weighted by Crippen LogP contribution is 2.19. The molecule has 0 spiro atoms. The summed E-state index contributed by atoms with van der Waals surface area (Å²) in [5, 5.41) is 1.11. The largest absolute Gasteiger partial charge is 0.330 e. The van der Waals surface area contributed by atoms with Crippen LogP contribution in [0.25, 0.3) is 10.9 Å². The Kier molecular flexibility index (Phi) is 4.36. The summed E-state index contributed by atoms with van der Waals surface area (Å²) in [6.07, 6.45) is 0.601. The number of fused-ring (bicyclic) bond motifs is 1. The second-order valence-electron chi connectivity index (χ2n) is 4.03. The number of halogens is 1. The number of hydrogen-bond donors (Lipinski definition) is 2. The monoisotopic (exact) mass is 299 g/mol. The van der Waals surface area contributed by atoms with Crippen LogP contribution in [0.3, 0.4) is 0 Å². The SMILES string of the molecule is NCCCNS(=O)(=O)c1ccc2nc(Cl)ccc2c1. The minimum atomic E-state index is -3.50. The van der Waals surface area contributed by atoms with Gasteiger partial charge in [-0.1, -0.05) is 11.6 Å². The van der Waals surface area contributed by atoms with Gasteiger partial charge in [0.05, 0.1) is 10.4 Å². The van der Waals surface area contributed by atoms with E-state index in [1.54, 1.807) is 24.3 Å². The molecule has 1 aromatic heterocycles. The minimum Gasteiger partial charge on any atom is -0.330 e. The molecule has 1 heterocycles. The molecule has 102 valence electrons. The van der Waals surface area contributed by atoms with Crippen molar-refractivity contribution < 1.29 is 8.42 Å². The van der Waals surface area contributed by atoms with Crippen molar-refractivity contribution in [3.63, 3.8) is 0 Å². The molecule has 1 aromatic carbocycles. The van der Waals surface area contributed by atoms with Crippen LogP contribution in [0.15, 0.2) is 35.2 Å². The van der Waals surface area contributed by atoms with Gasteiger partial charge in [-0.3, -0.25) is 0 Å². The summed E-state index contributed by atoms with van der Waals surface area (Å²) in [7, 11) is -3.50. The maximum atomic E-state index is 12.0. The molecule has 7 heteroatoms. The quantitative estimate of drug-likeness (QED) is 0.647.